The molecule has 1 aliphatic carbocycles. The quantitative estimate of drug-likeness (QED) is 0.655. The summed E-state index contributed by atoms with van der Waals surface area (Å²) in [6.07, 6.45) is 5.43. The molecule has 0 heterocycles. The Labute approximate surface area is 70.9 Å². The molecule has 10 heavy (non-hydrogen) atoms. The van der Waals surface area contributed by atoms with Gasteiger partial charge in [-0.3, -0.25) is 0 Å². The lowest BCUT2D eigenvalue weighted by Crippen LogP contribution is -2.40. The molecule has 1 rings (SSSR count). The van der Waals surface area contributed by atoms with Crippen molar-refractivity contribution < 1.29 is 5.11 Å². The first kappa shape index (κ1) is 8.54. The Hall–Kier alpha value is 0.440. The van der Waals surface area contributed by atoms with Gasteiger partial charge in [0.2, 0.25) is 0 Å². The molecule has 1 fully saturated rings. The van der Waals surface area contributed by atoms with Crippen LogP contribution in [0.1, 0.15) is 39.0 Å². The lowest BCUT2D eigenvalue weighted by molar-refractivity contribution is 0.00914. The number of hydrogen-bond donors (Lipinski definition) is 1. The zero-order valence-electron chi connectivity index (χ0n) is 6.44. The SMILES string of the molecule is CCC1(O)CCCCC1Br. The fourth-order valence-electron chi connectivity index (χ4n) is 1.58. The number of alkyl halides is 1. The second kappa shape index (κ2) is 3.22. The molecular weight excluding hydrogens is 192 g/mol. The highest BCUT2D eigenvalue weighted by Gasteiger charge is 2.35. The molecule has 0 aromatic carbocycles. The van der Waals surface area contributed by atoms with E-state index in [1.165, 1.54) is 12.8 Å². The summed E-state index contributed by atoms with van der Waals surface area (Å²) in [5.74, 6) is 0. The predicted octanol–water partition coefficient (Wildman–Crippen LogP) is 2.47. The van der Waals surface area contributed by atoms with Crippen LogP contribution in [0.5, 0.6) is 0 Å². The van der Waals surface area contributed by atoms with Crippen molar-refractivity contribution in [1.29, 1.82) is 0 Å². The summed E-state index contributed by atoms with van der Waals surface area (Å²) in [4.78, 5) is 0.332. The van der Waals surface area contributed by atoms with Gasteiger partial charge in [-0.05, 0) is 19.3 Å². The van der Waals surface area contributed by atoms with Gasteiger partial charge in [0.25, 0.3) is 0 Å². The van der Waals surface area contributed by atoms with E-state index in [-0.39, 0.29) is 0 Å². The lowest BCUT2D eigenvalue weighted by Gasteiger charge is -2.35. The molecule has 2 atom stereocenters. The van der Waals surface area contributed by atoms with E-state index in [0.29, 0.717) is 4.83 Å². The molecule has 1 saturated carbocycles. The fraction of sp³-hybridized carbons (Fsp3) is 1.00. The van der Waals surface area contributed by atoms with Crippen molar-refractivity contribution in [3.05, 3.63) is 0 Å². The summed E-state index contributed by atoms with van der Waals surface area (Å²) in [7, 11) is 0. The van der Waals surface area contributed by atoms with Crippen molar-refractivity contribution in [3.63, 3.8) is 0 Å². The molecule has 1 nitrogen and oxygen atoms in total. The molecule has 0 aliphatic heterocycles. The van der Waals surface area contributed by atoms with Gasteiger partial charge in [0.05, 0.1) is 5.60 Å². The third-order valence-corrected chi connectivity index (χ3v) is 3.82. The molecule has 0 bridgehead atoms. The molecule has 2 unspecified atom stereocenters. The summed E-state index contributed by atoms with van der Waals surface area (Å²) in [6.45, 7) is 2.06. The molecule has 0 aromatic rings. The van der Waals surface area contributed by atoms with Gasteiger partial charge in [-0.25, -0.2) is 0 Å². The summed E-state index contributed by atoms with van der Waals surface area (Å²) < 4.78 is 0. The Bertz CT molecular complexity index is 116. The predicted molar refractivity (Wildman–Crippen MR) is 46.4 cm³/mol. The molecule has 0 amide bonds. The van der Waals surface area contributed by atoms with E-state index in [1.807, 2.05) is 0 Å². The first-order valence-electron chi connectivity index (χ1n) is 4.05. The van der Waals surface area contributed by atoms with E-state index in [9.17, 15) is 5.11 Å². The molecule has 1 aliphatic rings. The third-order valence-electron chi connectivity index (χ3n) is 2.51. The largest absolute Gasteiger partial charge is 0.389 e. The van der Waals surface area contributed by atoms with E-state index in [4.69, 9.17) is 0 Å². The van der Waals surface area contributed by atoms with Gasteiger partial charge >= 0.3 is 0 Å². The highest BCUT2D eigenvalue weighted by Crippen LogP contribution is 2.35. The number of aliphatic hydroxyl groups is 1. The highest BCUT2D eigenvalue weighted by atomic mass is 79.9. The average Bonchev–Trinajstić information content (AvgIpc) is 1.96. The number of hydrogen-bond acceptors (Lipinski definition) is 1. The summed E-state index contributed by atoms with van der Waals surface area (Å²) in [6, 6.07) is 0. The Balaban J connectivity index is 2.54. The molecule has 0 saturated heterocycles. The van der Waals surface area contributed by atoms with E-state index in [0.717, 1.165) is 19.3 Å². The minimum Gasteiger partial charge on any atom is -0.389 e. The third kappa shape index (κ3) is 1.54. The summed E-state index contributed by atoms with van der Waals surface area (Å²) >= 11 is 3.52. The minimum absolute atomic E-state index is 0.332. The monoisotopic (exact) mass is 206 g/mol. The summed E-state index contributed by atoms with van der Waals surface area (Å²) in [5, 5.41) is 9.90. The standard InChI is InChI=1S/C8H15BrO/c1-2-8(10)6-4-3-5-7(8)9/h7,10H,2-6H2,1H3. The molecule has 2 heteroatoms. The molecule has 0 radical (unpaired) electrons. The van der Waals surface area contributed by atoms with Gasteiger partial charge in [0.1, 0.15) is 0 Å². The van der Waals surface area contributed by atoms with Crippen molar-refractivity contribution in [2.75, 3.05) is 0 Å². The van der Waals surface area contributed by atoms with Crippen LogP contribution in [0.15, 0.2) is 0 Å². The van der Waals surface area contributed by atoms with Gasteiger partial charge in [0.15, 0.2) is 0 Å². The maximum absolute atomic E-state index is 9.90. The Kier molecular flexibility index (Phi) is 2.75. The van der Waals surface area contributed by atoms with E-state index >= 15 is 0 Å². The van der Waals surface area contributed by atoms with Gasteiger partial charge < -0.3 is 5.11 Å². The maximum Gasteiger partial charge on any atom is 0.0769 e. The topological polar surface area (TPSA) is 20.2 Å². The first-order valence-corrected chi connectivity index (χ1v) is 4.97. The number of rotatable bonds is 1. The maximum atomic E-state index is 9.90. The highest BCUT2D eigenvalue weighted by molar-refractivity contribution is 9.09. The normalized spacial score (nSPS) is 41.7. The number of halogens is 1. The van der Waals surface area contributed by atoms with Crippen LogP contribution in [0.3, 0.4) is 0 Å². The van der Waals surface area contributed by atoms with Gasteiger partial charge in [0, 0.05) is 4.83 Å². The molecule has 0 spiro atoms. The minimum atomic E-state index is -0.405. The average molecular weight is 207 g/mol. The van der Waals surface area contributed by atoms with Crippen LogP contribution in [0.25, 0.3) is 0 Å². The smallest absolute Gasteiger partial charge is 0.0769 e. The second-order valence-electron chi connectivity index (χ2n) is 3.17. The van der Waals surface area contributed by atoms with Crippen molar-refractivity contribution in [3.8, 4) is 0 Å². The van der Waals surface area contributed by atoms with Crippen molar-refractivity contribution in [2.45, 2.75) is 49.5 Å². The summed E-state index contributed by atoms with van der Waals surface area (Å²) in [5.41, 5.74) is -0.405. The van der Waals surface area contributed by atoms with Crippen LogP contribution >= 0.6 is 15.9 Å². The van der Waals surface area contributed by atoms with Gasteiger partial charge in [-0.15, -0.1) is 0 Å². The second-order valence-corrected chi connectivity index (χ2v) is 4.28. The van der Waals surface area contributed by atoms with Crippen LogP contribution in [-0.4, -0.2) is 15.5 Å². The van der Waals surface area contributed by atoms with Crippen LogP contribution in [0.4, 0.5) is 0 Å². The Morgan fingerprint density at radius 3 is 2.70 bits per heavy atom. The Morgan fingerprint density at radius 2 is 2.30 bits per heavy atom. The van der Waals surface area contributed by atoms with E-state index in [1.54, 1.807) is 0 Å². The van der Waals surface area contributed by atoms with Gasteiger partial charge in [-0.1, -0.05) is 35.7 Å². The molecule has 0 aromatic heterocycles. The van der Waals surface area contributed by atoms with E-state index in [2.05, 4.69) is 22.9 Å². The van der Waals surface area contributed by atoms with Crippen molar-refractivity contribution in [2.24, 2.45) is 0 Å². The first-order chi connectivity index (χ1) is 4.69. The Morgan fingerprint density at radius 1 is 1.60 bits per heavy atom. The van der Waals surface area contributed by atoms with E-state index < -0.39 is 5.60 Å². The lowest BCUT2D eigenvalue weighted by atomic mass is 9.83. The van der Waals surface area contributed by atoms with Crippen molar-refractivity contribution in [1.82, 2.24) is 0 Å². The zero-order valence-corrected chi connectivity index (χ0v) is 8.02. The molecule has 60 valence electrons. The van der Waals surface area contributed by atoms with Gasteiger partial charge in [-0.2, -0.15) is 0 Å². The fourth-order valence-corrected chi connectivity index (χ4v) is 2.45. The molecular formula is C8H15BrO. The van der Waals surface area contributed by atoms with Crippen LogP contribution in [0.2, 0.25) is 0 Å². The van der Waals surface area contributed by atoms with Crippen LogP contribution in [0, 0.1) is 0 Å². The molecule has 1 N–H and O–H groups in total. The van der Waals surface area contributed by atoms with Crippen molar-refractivity contribution >= 4 is 15.9 Å². The zero-order chi connectivity index (χ0) is 7.61. The van der Waals surface area contributed by atoms with Crippen LogP contribution < -0.4 is 0 Å². The van der Waals surface area contributed by atoms with Crippen LogP contribution in [-0.2, 0) is 0 Å².